The summed E-state index contributed by atoms with van der Waals surface area (Å²) in [4.78, 5) is 2.82. The van der Waals surface area contributed by atoms with Crippen molar-refractivity contribution < 1.29 is 4.74 Å². The first kappa shape index (κ1) is 11.9. The lowest BCUT2D eigenvalue weighted by atomic mass is 9.91. The van der Waals surface area contributed by atoms with Crippen LogP contribution < -0.4 is 5.73 Å². The van der Waals surface area contributed by atoms with Gasteiger partial charge in [0, 0.05) is 24.2 Å². The van der Waals surface area contributed by atoms with Crippen LogP contribution >= 0.6 is 0 Å². The molecule has 0 amide bonds. The van der Waals surface area contributed by atoms with Crippen molar-refractivity contribution in [3.63, 3.8) is 0 Å². The van der Waals surface area contributed by atoms with Crippen molar-refractivity contribution in [1.82, 2.24) is 4.90 Å². The van der Waals surface area contributed by atoms with Gasteiger partial charge in [0.2, 0.25) is 0 Å². The quantitative estimate of drug-likeness (QED) is 0.758. The Morgan fingerprint density at radius 3 is 1.94 bits per heavy atom. The maximum absolute atomic E-state index is 6.15. The second kappa shape index (κ2) is 4.52. The van der Waals surface area contributed by atoms with E-state index in [0.29, 0.717) is 18.2 Å². The molecule has 3 rings (SSSR count). The Kier molecular flexibility index (Phi) is 3.18. The summed E-state index contributed by atoms with van der Waals surface area (Å²) in [6.07, 6.45) is 8.47. The molecule has 4 atom stereocenters. The maximum Gasteiger partial charge on any atom is 0.0565 e. The number of fused-ring (bicyclic) bond motifs is 2. The smallest absolute Gasteiger partial charge is 0.0565 e. The van der Waals surface area contributed by atoms with Crippen LogP contribution in [0.2, 0.25) is 0 Å². The Balaban J connectivity index is 1.72. The maximum atomic E-state index is 6.15. The van der Waals surface area contributed by atoms with Crippen LogP contribution in [0, 0.1) is 0 Å². The molecule has 3 fully saturated rings. The van der Waals surface area contributed by atoms with Gasteiger partial charge in [0.25, 0.3) is 0 Å². The molecule has 2 bridgehead atoms. The van der Waals surface area contributed by atoms with Crippen molar-refractivity contribution in [2.45, 2.75) is 88.7 Å². The average molecular weight is 238 g/mol. The highest BCUT2D eigenvalue weighted by atomic mass is 16.5. The lowest BCUT2D eigenvalue weighted by Gasteiger charge is -2.46. The first-order valence-corrected chi connectivity index (χ1v) is 7.32. The molecular weight excluding hydrogens is 212 g/mol. The van der Waals surface area contributed by atoms with Gasteiger partial charge in [-0.3, -0.25) is 4.90 Å². The Hall–Kier alpha value is -0.120. The molecule has 98 valence electrons. The topological polar surface area (TPSA) is 38.5 Å². The Labute approximate surface area is 105 Å². The van der Waals surface area contributed by atoms with Gasteiger partial charge in [0.1, 0.15) is 0 Å². The third kappa shape index (κ3) is 2.25. The van der Waals surface area contributed by atoms with Crippen LogP contribution in [0.4, 0.5) is 0 Å². The molecule has 0 aliphatic carbocycles. The first-order valence-electron chi connectivity index (χ1n) is 7.32. The van der Waals surface area contributed by atoms with E-state index in [2.05, 4.69) is 18.7 Å². The molecular formula is C14H26N2O. The number of piperidine rings is 1. The van der Waals surface area contributed by atoms with Gasteiger partial charge >= 0.3 is 0 Å². The highest BCUT2D eigenvalue weighted by Crippen LogP contribution is 2.40. The fraction of sp³-hybridized carbons (Fsp3) is 1.00. The predicted molar refractivity (Wildman–Crippen MR) is 68.9 cm³/mol. The summed E-state index contributed by atoms with van der Waals surface area (Å²) in [6.45, 7) is 4.44. The minimum Gasteiger partial charge on any atom is -0.375 e. The minimum absolute atomic E-state index is 0.429. The van der Waals surface area contributed by atoms with Gasteiger partial charge in [-0.15, -0.1) is 0 Å². The average Bonchev–Trinajstić information content (AvgIpc) is 2.50. The monoisotopic (exact) mass is 238 g/mol. The molecule has 3 heterocycles. The molecule has 0 saturated carbocycles. The predicted octanol–water partition coefficient (Wildman–Crippen LogP) is 1.90. The van der Waals surface area contributed by atoms with Crippen LogP contribution in [0.15, 0.2) is 0 Å². The molecule has 0 radical (unpaired) electrons. The van der Waals surface area contributed by atoms with E-state index < -0.39 is 0 Å². The highest BCUT2D eigenvalue weighted by molar-refractivity contribution is 5.00. The number of rotatable bonds is 1. The van der Waals surface area contributed by atoms with Crippen LogP contribution in [-0.4, -0.2) is 41.3 Å². The largest absolute Gasteiger partial charge is 0.375 e. The number of hydrogen-bond donors (Lipinski definition) is 1. The molecule has 2 N–H and O–H groups in total. The third-order valence-corrected chi connectivity index (χ3v) is 4.92. The molecule has 3 aliphatic heterocycles. The molecule has 0 aromatic rings. The van der Waals surface area contributed by atoms with Gasteiger partial charge in [-0.1, -0.05) is 0 Å². The van der Waals surface area contributed by atoms with Gasteiger partial charge in [-0.05, 0) is 52.4 Å². The Morgan fingerprint density at radius 1 is 0.882 bits per heavy atom. The van der Waals surface area contributed by atoms with E-state index >= 15 is 0 Å². The lowest BCUT2D eigenvalue weighted by Crippen LogP contribution is -2.54. The number of nitrogens with two attached hydrogens (primary N) is 1. The molecule has 0 aromatic heterocycles. The standard InChI is InChI=1S/C14H26N2O/c1-9-5-14(6-10(2)17-9)16-12-3-4-13(16)8-11(15)7-12/h9-14H,3-8,15H2,1-2H3. The summed E-state index contributed by atoms with van der Waals surface area (Å²) in [5.74, 6) is 0. The molecule has 0 spiro atoms. The summed E-state index contributed by atoms with van der Waals surface area (Å²) < 4.78 is 5.87. The van der Waals surface area contributed by atoms with E-state index in [4.69, 9.17) is 10.5 Å². The fourth-order valence-corrected chi connectivity index (χ4v) is 4.47. The molecule has 3 aliphatic rings. The van der Waals surface area contributed by atoms with E-state index in [-0.39, 0.29) is 0 Å². The van der Waals surface area contributed by atoms with Gasteiger partial charge in [-0.25, -0.2) is 0 Å². The summed E-state index contributed by atoms with van der Waals surface area (Å²) in [7, 11) is 0. The van der Waals surface area contributed by atoms with Gasteiger partial charge in [0.15, 0.2) is 0 Å². The van der Waals surface area contributed by atoms with Crippen LogP contribution in [0.25, 0.3) is 0 Å². The Bertz CT molecular complexity index is 259. The zero-order valence-electron chi connectivity index (χ0n) is 11.1. The third-order valence-electron chi connectivity index (χ3n) is 4.92. The Morgan fingerprint density at radius 2 is 1.41 bits per heavy atom. The molecule has 0 aromatic carbocycles. The van der Waals surface area contributed by atoms with Gasteiger partial charge in [0.05, 0.1) is 12.2 Å². The van der Waals surface area contributed by atoms with E-state index in [0.717, 1.165) is 18.1 Å². The van der Waals surface area contributed by atoms with Crippen molar-refractivity contribution in [2.24, 2.45) is 5.73 Å². The normalized spacial score (nSPS) is 51.7. The highest BCUT2D eigenvalue weighted by Gasteiger charge is 2.44. The summed E-state index contributed by atoms with van der Waals surface area (Å²) in [5.41, 5.74) is 6.15. The van der Waals surface area contributed by atoms with E-state index in [1.165, 1.54) is 38.5 Å². The molecule has 4 unspecified atom stereocenters. The van der Waals surface area contributed by atoms with E-state index in [9.17, 15) is 0 Å². The zero-order chi connectivity index (χ0) is 12.0. The number of nitrogens with zero attached hydrogens (tertiary/aromatic N) is 1. The first-order chi connectivity index (χ1) is 8.13. The summed E-state index contributed by atoms with van der Waals surface area (Å²) in [5, 5.41) is 0. The van der Waals surface area contributed by atoms with Crippen molar-refractivity contribution in [1.29, 1.82) is 0 Å². The fourth-order valence-electron chi connectivity index (χ4n) is 4.47. The number of ether oxygens (including phenoxy) is 1. The van der Waals surface area contributed by atoms with Crippen LogP contribution in [-0.2, 0) is 4.74 Å². The SMILES string of the molecule is CC1CC(N2C3CCC2CC(N)C3)CC(C)O1. The molecule has 3 saturated heterocycles. The molecule has 3 heteroatoms. The van der Waals surface area contributed by atoms with Crippen molar-refractivity contribution in [2.75, 3.05) is 0 Å². The van der Waals surface area contributed by atoms with Crippen molar-refractivity contribution >= 4 is 0 Å². The zero-order valence-corrected chi connectivity index (χ0v) is 11.1. The number of hydrogen-bond acceptors (Lipinski definition) is 3. The van der Waals surface area contributed by atoms with E-state index in [1.54, 1.807) is 0 Å². The van der Waals surface area contributed by atoms with Gasteiger partial charge in [-0.2, -0.15) is 0 Å². The van der Waals surface area contributed by atoms with Crippen LogP contribution in [0.3, 0.4) is 0 Å². The molecule has 17 heavy (non-hydrogen) atoms. The van der Waals surface area contributed by atoms with Crippen molar-refractivity contribution in [3.05, 3.63) is 0 Å². The minimum atomic E-state index is 0.429. The lowest BCUT2D eigenvalue weighted by molar-refractivity contribution is -0.0797. The van der Waals surface area contributed by atoms with E-state index in [1.807, 2.05) is 0 Å². The summed E-state index contributed by atoms with van der Waals surface area (Å²) in [6, 6.07) is 2.75. The summed E-state index contributed by atoms with van der Waals surface area (Å²) >= 11 is 0. The van der Waals surface area contributed by atoms with Crippen LogP contribution in [0.5, 0.6) is 0 Å². The second-order valence-electron chi connectivity index (χ2n) is 6.45. The molecule has 3 nitrogen and oxygen atoms in total. The second-order valence-corrected chi connectivity index (χ2v) is 6.45. The van der Waals surface area contributed by atoms with Gasteiger partial charge < -0.3 is 10.5 Å². The van der Waals surface area contributed by atoms with Crippen LogP contribution in [0.1, 0.15) is 52.4 Å². The van der Waals surface area contributed by atoms with Crippen molar-refractivity contribution in [3.8, 4) is 0 Å².